The molecule has 4 heteroatoms. The van der Waals surface area contributed by atoms with Crippen LogP contribution in [0.4, 0.5) is 0 Å². The maximum atomic E-state index is 10.0. The molecule has 0 saturated carbocycles. The summed E-state index contributed by atoms with van der Waals surface area (Å²) in [6.07, 6.45) is 4.08. The van der Waals surface area contributed by atoms with E-state index >= 15 is 0 Å². The van der Waals surface area contributed by atoms with Crippen molar-refractivity contribution in [3.8, 4) is 5.75 Å². The van der Waals surface area contributed by atoms with Crippen LogP contribution in [0.2, 0.25) is 0 Å². The summed E-state index contributed by atoms with van der Waals surface area (Å²) >= 11 is 3.51. The third-order valence-electron chi connectivity index (χ3n) is 5.78. The molecule has 2 atom stereocenters. The van der Waals surface area contributed by atoms with Crippen LogP contribution in [0.1, 0.15) is 38.7 Å². The summed E-state index contributed by atoms with van der Waals surface area (Å²) < 4.78 is 1.06. The van der Waals surface area contributed by atoms with E-state index in [1.807, 2.05) is 11.0 Å². The zero-order valence-corrected chi connectivity index (χ0v) is 16.0. The number of piperidine rings is 2. The molecular formula is C19H31BrN2O+2. The molecule has 0 amide bonds. The number of hydrogen-bond acceptors (Lipinski definition) is 1. The fourth-order valence-corrected chi connectivity index (χ4v) is 5.15. The van der Waals surface area contributed by atoms with Gasteiger partial charge in [0.2, 0.25) is 0 Å². The summed E-state index contributed by atoms with van der Waals surface area (Å²) in [5.74, 6) is 2.21. The third kappa shape index (κ3) is 4.49. The highest BCUT2D eigenvalue weighted by molar-refractivity contribution is 9.10. The van der Waals surface area contributed by atoms with Gasteiger partial charge in [-0.3, -0.25) is 0 Å². The van der Waals surface area contributed by atoms with E-state index in [2.05, 4.69) is 35.8 Å². The first-order valence-electron chi connectivity index (χ1n) is 9.16. The molecule has 0 aromatic heterocycles. The summed E-state index contributed by atoms with van der Waals surface area (Å²) in [5, 5.41) is 10.0. The molecule has 1 aromatic carbocycles. The molecule has 0 unspecified atom stereocenters. The van der Waals surface area contributed by atoms with Gasteiger partial charge in [-0.05, 0) is 24.6 Å². The Morgan fingerprint density at radius 2 is 1.78 bits per heavy atom. The SMILES string of the molecule is C[C@H]1C[C@H](C)C[NH+](C2CC[NH+](Cc3cc(Br)ccc3O)CC2)C1. The zero-order valence-electron chi connectivity index (χ0n) is 14.4. The molecule has 0 bridgehead atoms. The van der Waals surface area contributed by atoms with Crippen LogP contribution in [-0.2, 0) is 6.54 Å². The minimum Gasteiger partial charge on any atom is -0.507 e. The first-order valence-corrected chi connectivity index (χ1v) is 9.96. The van der Waals surface area contributed by atoms with Crippen molar-refractivity contribution in [2.45, 2.75) is 45.7 Å². The van der Waals surface area contributed by atoms with Gasteiger partial charge in [-0.15, -0.1) is 0 Å². The Hall–Kier alpha value is -0.580. The Morgan fingerprint density at radius 1 is 1.13 bits per heavy atom. The van der Waals surface area contributed by atoms with Gasteiger partial charge in [-0.25, -0.2) is 0 Å². The van der Waals surface area contributed by atoms with Crippen molar-refractivity contribution in [3.63, 3.8) is 0 Å². The number of nitrogens with one attached hydrogen (secondary N) is 2. The van der Waals surface area contributed by atoms with E-state index in [0.29, 0.717) is 5.75 Å². The predicted molar refractivity (Wildman–Crippen MR) is 96.9 cm³/mol. The van der Waals surface area contributed by atoms with Crippen molar-refractivity contribution in [2.75, 3.05) is 26.2 Å². The highest BCUT2D eigenvalue weighted by Gasteiger charge is 2.34. The largest absolute Gasteiger partial charge is 0.507 e. The highest BCUT2D eigenvalue weighted by atomic mass is 79.9. The molecule has 1 aromatic rings. The number of benzene rings is 1. The Balaban J connectivity index is 1.53. The first kappa shape index (κ1) is 17.2. The molecule has 2 heterocycles. The van der Waals surface area contributed by atoms with Crippen LogP contribution in [0.5, 0.6) is 5.75 Å². The van der Waals surface area contributed by atoms with Gasteiger partial charge in [-0.2, -0.15) is 0 Å². The van der Waals surface area contributed by atoms with Crippen molar-refractivity contribution >= 4 is 15.9 Å². The Bertz CT molecular complexity index is 518. The molecule has 2 aliphatic heterocycles. The topological polar surface area (TPSA) is 29.1 Å². The lowest BCUT2D eigenvalue weighted by Crippen LogP contribution is -3.21. The minimum absolute atomic E-state index is 0.437. The van der Waals surface area contributed by atoms with Crippen molar-refractivity contribution in [1.82, 2.24) is 0 Å². The fourth-order valence-electron chi connectivity index (χ4n) is 4.74. The maximum absolute atomic E-state index is 10.0. The second-order valence-electron chi connectivity index (χ2n) is 7.99. The number of aromatic hydroxyl groups is 1. The van der Waals surface area contributed by atoms with Gasteiger partial charge in [0, 0.05) is 34.7 Å². The number of phenols is 1. The van der Waals surface area contributed by atoms with Crippen molar-refractivity contribution in [3.05, 3.63) is 28.2 Å². The first-order chi connectivity index (χ1) is 11.0. The monoisotopic (exact) mass is 382 g/mol. The van der Waals surface area contributed by atoms with E-state index in [0.717, 1.165) is 34.5 Å². The summed E-state index contributed by atoms with van der Waals surface area (Å²) in [6, 6.07) is 6.63. The van der Waals surface area contributed by atoms with Gasteiger partial charge >= 0.3 is 0 Å². The molecule has 2 aliphatic rings. The normalized spacial score (nSPS) is 35.2. The maximum Gasteiger partial charge on any atom is 0.124 e. The number of rotatable bonds is 3. The van der Waals surface area contributed by atoms with E-state index in [-0.39, 0.29) is 0 Å². The van der Waals surface area contributed by atoms with Crippen LogP contribution in [-0.4, -0.2) is 37.3 Å². The lowest BCUT2D eigenvalue weighted by atomic mass is 9.89. The van der Waals surface area contributed by atoms with Gasteiger partial charge in [-0.1, -0.05) is 29.8 Å². The van der Waals surface area contributed by atoms with Gasteiger partial charge in [0.15, 0.2) is 0 Å². The van der Waals surface area contributed by atoms with Gasteiger partial charge in [0.05, 0.1) is 32.2 Å². The Morgan fingerprint density at radius 3 is 2.43 bits per heavy atom. The molecule has 0 spiro atoms. The highest BCUT2D eigenvalue weighted by Crippen LogP contribution is 2.21. The Labute approximate surface area is 148 Å². The van der Waals surface area contributed by atoms with E-state index in [4.69, 9.17) is 0 Å². The predicted octanol–water partition coefficient (Wildman–Crippen LogP) is 1.26. The summed E-state index contributed by atoms with van der Waals surface area (Å²) in [4.78, 5) is 3.48. The summed E-state index contributed by atoms with van der Waals surface area (Å²) in [5.41, 5.74) is 1.07. The lowest BCUT2D eigenvalue weighted by molar-refractivity contribution is -0.969. The van der Waals surface area contributed by atoms with Crippen LogP contribution in [0.3, 0.4) is 0 Å². The van der Waals surface area contributed by atoms with Gasteiger partial charge in [0.25, 0.3) is 0 Å². The second kappa shape index (κ2) is 7.54. The summed E-state index contributed by atoms with van der Waals surface area (Å²) in [6.45, 7) is 11.0. The van der Waals surface area contributed by atoms with Gasteiger partial charge < -0.3 is 14.9 Å². The average Bonchev–Trinajstić information content (AvgIpc) is 2.51. The number of halogens is 1. The van der Waals surface area contributed by atoms with Crippen molar-refractivity contribution < 1.29 is 14.9 Å². The van der Waals surface area contributed by atoms with E-state index in [1.165, 1.54) is 45.4 Å². The minimum atomic E-state index is 0.437. The smallest absolute Gasteiger partial charge is 0.124 e. The van der Waals surface area contributed by atoms with Crippen LogP contribution in [0.15, 0.2) is 22.7 Å². The molecule has 0 aliphatic carbocycles. The second-order valence-corrected chi connectivity index (χ2v) is 8.90. The fraction of sp³-hybridized carbons (Fsp3) is 0.684. The molecule has 23 heavy (non-hydrogen) atoms. The van der Waals surface area contributed by atoms with Crippen molar-refractivity contribution in [1.29, 1.82) is 0 Å². The molecule has 128 valence electrons. The zero-order chi connectivity index (χ0) is 16.4. The molecule has 2 fully saturated rings. The number of hydrogen-bond donors (Lipinski definition) is 3. The lowest BCUT2D eigenvalue weighted by Gasteiger charge is -2.39. The Kier molecular flexibility index (Phi) is 5.65. The molecule has 0 radical (unpaired) electrons. The van der Waals surface area contributed by atoms with E-state index in [1.54, 1.807) is 11.0 Å². The van der Waals surface area contributed by atoms with Crippen molar-refractivity contribution in [2.24, 2.45) is 11.8 Å². The van der Waals surface area contributed by atoms with Gasteiger partial charge in [0.1, 0.15) is 12.3 Å². The molecule has 2 saturated heterocycles. The van der Waals surface area contributed by atoms with Crippen LogP contribution in [0.25, 0.3) is 0 Å². The number of likely N-dealkylation sites (tertiary alicyclic amines) is 2. The number of phenolic OH excluding ortho intramolecular Hbond substituents is 1. The molecular weight excluding hydrogens is 352 g/mol. The third-order valence-corrected chi connectivity index (χ3v) is 6.27. The number of quaternary nitrogens is 2. The van der Waals surface area contributed by atoms with E-state index < -0.39 is 0 Å². The quantitative estimate of drug-likeness (QED) is 0.721. The molecule has 3 nitrogen and oxygen atoms in total. The standard InChI is InChI=1S/C19H29BrN2O/c1-14-9-15(2)12-22(11-14)18-5-7-21(8-6-18)13-16-10-17(20)3-4-19(16)23/h3-4,10,14-15,18,23H,5-9,11-13H2,1-2H3/p+2/t14-,15-/m0/s1. The molecule has 3 rings (SSSR count). The van der Waals surface area contributed by atoms with Crippen LogP contribution >= 0.6 is 15.9 Å². The van der Waals surface area contributed by atoms with Crippen LogP contribution in [0, 0.1) is 11.8 Å². The average molecular weight is 383 g/mol. The summed E-state index contributed by atoms with van der Waals surface area (Å²) in [7, 11) is 0. The van der Waals surface area contributed by atoms with E-state index in [9.17, 15) is 5.11 Å². The van der Waals surface area contributed by atoms with Crippen LogP contribution < -0.4 is 9.80 Å². The molecule has 3 N–H and O–H groups in total.